The molecule has 1 aromatic heterocycles. The summed E-state index contributed by atoms with van der Waals surface area (Å²) in [6, 6.07) is 2.93. The van der Waals surface area contributed by atoms with Crippen LogP contribution in [0, 0.1) is 0 Å². The second kappa shape index (κ2) is 8.47. The molecule has 0 saturated heterocycles. The summed E-state index contributed by atoms with van der Waals surface area (Å²) >= 11 is 0. The predicted octanol–water partition coefficient (Wildman–Crippen LogP) is 3.00. The Labute approximate surface area is 145 Å². The van der Waals surface area contributed by atoms with E-state index in [4.69, 9.17) is 5.10 Å². The van der Waals surface area contributed by atoms with Gasteiger partial charge in [0.25, 0.3) is 0 Å². The van der Waals surface area contributed by atoms with E-state index in [1.807, 2.05) is 19.1 Å². The third kappa shape index (κ3) is 4.47. The molecule has 132 valence electrons. The summed E-state index contributed by atoms with van der Waals surface area (Å²) in [5, 5.41) is 7.65. The smallest absolute Gasteiger partial charge is 0.224 e. The van der Waals surface area contributed by atoms with E-state index in [-0.39, 0.29) is 5.91 Å². The van der Waals surface area contributed by atoms with Crippen LogP contribution >= 0.6 is 0 Å². The standard InChI is InChI=1S/C19H30N4O/c1-2-3-10-19(24)20-14-16-13-18-15-22(11-7-12-23(18)21-16)17-8-5-4-6-9-17/h2-3,13,17H,4-12,14-15H2,1H3,(H,20,24)/b3-2+. The van der Waals surface area contributed by atoms with Crippen molar-refractivity contribution in [1.82, 2.24) is 20.0 Å². The lowest BCUT2D eigenvalue weighted by Crippen LogP contribution is -2.36. The zero-order chi connectivity index (χ0) is 16.8. The third-order valence-corrected chi connectivity index (χ3v) is 5.19. The second-order valence-electron chi connectivity index (χ2n) is 7.02. The van der Waals surface area contributed by atoms with Gasteiger partial charge in [-0.15, -0.1) is 0 Å². The van der Waals surface area contributed by atoms with Gasteiger partial charge in [-0.2, -0.15) is 5.10 Å². The number of aryl methyl sites for hydroxylation is 1. The summed E-state index contributed by atoms with van der Waals surface area (Å²) in [6.07, 6.45) is 12.2. The molecule has 0 bridgehead atoms. The summed E-state index contributed by atoms with van der Waals surface area (Å²) in [7, 11) is 0. The molecular formula is C19H30N4O. The van der Waals surface area contributed by atoms with Crippen LogP contribution in [0.3, 0.4) is 0 Å². The van der Waals surface area contributed by atoms with Gasteiger partial charge in [-0.3, -0.25) is 14.4 Å². The Morgan fingerprint density at radius 3 is 2.92 bits per heavy atom. The van der Waals surface area contributed by atoms with Crippen molar-refractivity contribution >= 4 is 5.91 Å². The molecule has 5 nitrogen and oxygen atoms in total. The lowest BCUT2D eigenvalue weighted by atomic mass is 9.94. The molecule has 0 spiro atoms. The second-order valence-corrected chi connectivity index (χ2v) is 7.02. The third-order valence-electron chi connectivity index (χ3n) is 5.19. The molecule has 1 amide bonds. The number of carbonyl (C=O) groups is 1. The number of rotatable bonds is 5. The number of nitrogens with one attached hydrogen (secondary N) is 1. The Morgan fingerprint density at radius 1 is 1.29 bits per heavy atom. The number of allylic oxidation sites excluding steroid dienone is 1. The van der Waals surface area contributed by atoms with Crippen LogP contribution in [-0.2, 0) is 24.4 Å². The van der Waals surface area contributed by atoms with Crippen LogP contribution in [0.5, 0.6) is 0 Å². The van der Waals surface area contributed by atoms with Crippen LogP contribution in [-0.4, -0.2) is 33.2 Å². The summed E-state index contributed by atoms with van der Waals surface area (Å²) in [6.45, 7) is 5.64. The maximum Gasteiger partial charge on any atom is 0.224 e. The molecule has 1 saturated carbocycles. The lowest BCUT2D eigenvalue weighted by molar-refractivity contribution is -0.120. The fourth-order valence-electron chi connectivity index (χ4n) is 3.88. The van der Waals surface area contributed by atoms with Crippen molar-refractivity contribution in [2.24, 2.45) is 0 Å². The van der Waals surface area contributed by atoms with Crippen molar-refractivity contribution < 1.29 is 4.79 Å². The fraction of sp³-hybridized carbons (Fsp3) is 0.684. The minimum Gasteiger partial charge on any atom is -0.350 e. The van der Waals surface area contributed by atoms with Gasteiger partial charge in [-0.05, 0) is 32.3 Å². The van der Waals surface area contributed by atoms with Gasteiger partial charge < -0.3 is 5.32 Å². The highest BCUT2D eigenvalue weighted by molar-refractivity contribution is 5.77. The first kappa shape index (κ1) is 17.2. The monoisotopic (exact) mass is 330 g/mol. The first-order valence-electron chi connectivity index (χ1n) is 9.44. The summed E-state index contributed by atoms with van der Waals surface area (Å²) < 4.78 is 2.15. The Balaban J connectivity index is 1.58. The van der Waals surface area contributed by atoms with Crippen LogP contribution in [0.15, 0.2) is 18.2 Å². The Bertz CT molecular complexity index is 572. The molecule has 1 aliphatic heterocycles. The summed E-state index contributed by atoms with van der Waals surface area (Å²) in [5.41, 5.74) is 2.28. The van der Waals surface area contributed by atoms with E-state index >= 15 is 0 Å². The van der Waals surface area contributed by atoms with Crippen molar-refractivity contribution in [2.45, 2.75) is 77.5 Å². The fourth-order valence-corrected chi connectivity index (χ4v) is 3.88. The van der Waals surface area contributed by atoms with Crippen LogP contribution in [0.1, 0.15) is 63.3 Å². The molecule has 24 heavy (non-hydrogen) atoms. The molecule has 0 unspecified atom stereocenters. The minimum absolute atomic E-state index is 0.0557. The van der Waals surface area contributed by atoms with Gasteiger partial charge in [-0.25, -0.2) is 0 Å². The van der Waals surface area contributed by atoms with Crippen LogP contribution < -0.4 is 5.32 Å². The molecule has 0 atom stereocenters. The number of hydrogen-bond acceptors (Lipinski definition) is 3. The molecule has 2 heterocycles. The molecule has 0 radical (unpaired) electrons. The number of fused-ring (bicyclic) bond motifs is 1. The number of nitrogens with zero attached hydrogens (tertiary/aromatic N) is 3. The topological polar surface area (TPSA) is 50.2 Å². The van der Waals surface area contributed by atoms with E-state index < -0.39 is 0 Å². The maximum atomic E-state index is 11.7. The largest absolute Gasteiger partial charge is 0.350 e. The van der Waals surface area contributed by atoms with E-state index in [1.165, 1.54) is 44.3 Å². The quantitative estimate of drug-likeness (QED) is 0.844. The van der Waals surface area contributed by atoms with Gasteiger partial charge in [0.1, 0.15) is 0 Å². The Morgan fingerprint density at radius 2 is 2.12 bits per heavy atom. The van der Waals surface area contributed by atoms with Gasteiger partial charge in [0.2, 0.25) is 5.91 Å². The number of amides is 1. The van der Waals surface area contributed by atoms with E-state index in [9.17, 15) is 4.79 Å². The van der Waals surface area contributed by atoms with Crippen LogP contribution in [0.25, 0.3) is 0 Å². The molecule has 1 N–H and O–H groups in total. The van der Waals surface area contributed by atoms with Crippen molar-refractivity contribution in [3.05, 3.63) is 29.6 Å². The first-order chi connectivity index (χ1) is 11.8. The van der Waals surface area contributed by atoms with E-state index in [1.54, 1.807) is 0 Å². The average molecular weight is 330 g/mol. The van der Waals surface area contributed by atoms with E-state index in [2.05, 4.69) is 21.0 Å². The van der Waals surface area contributed by atoms with Crippen LogP contribution in [0.2, 0.25) is 0 Å². The highest BCUT2D eigenvalue weighted by atomic mass is 16.1. The van der Waals surface area contributed by atoms with Gasteiger partial charge in [0, 0.05) is 32.1 Å². The van der Waals surface area contributed by atoms with Crippen molar-refractivity contribution in [2.75, 3.05) is 6.54 Å². The zero-order valence-corrected chi connectivity index (χ0v) is 14.8. The normalized spacial score (nSPS) is 20.0. The molecule has 3 rings (SSSR count). The summed E-state index contributed by atoms with van der Waals surface area (Å²) in [5.74, 6) is 0.0557. The van der Waals surface area contributed by atoms with Gasteiger partial charge in [0.15, 0.2) is 0 Å². The average Bonchev–Trinajstić information content (AvgIpc) is 2.89. The molecule has 0 aromatic carbocycles. The number of aromatic nitrogens is 2. The Kier molecular flexibility index (Phi) is 6.07. The lowest BCUT2D eigenvalue weighted by Gasteiger charge is -2.33. The van der Waals surface area contributed by atoms with E-state index in [0.717, 1.165) is 31.2 Å². The predicted molar refractivity (Wildman–Crippen MR) is 95.4 cm³/mol. The molecule has 5 heteroatoms. The molecule has 1 fully saturated rings. The number of carbonyl (C=O) groups excluding carboxylic acids is 1. The highest BCUT2D eigenvalue weighted by Gasteiger charge is 2.24. The summed E-state index contributed by atoms with van der Waals surface area (Å²) in [4.78, 5) is 14.4. The minimum atomic E-state index is 0.0557. The van der Waals surface area contributed by atoms with Crippen molar-refractivity contribution in [3.8, 4) is 0 Å². The number of hydrogen-bond donors (Lipinski definition) is 1. The van der Waals surface area contributed by atoms with Gasteiger partial charge >= 0.3 is 0 Å². The van der Waals surface area contributed by atoms with Gasteiger partial charge in [-0.1, -0.05) is 31.4 Å². The van der Waals surface area contributed by atoms with Crippen LogP contribution in [0.4, 0.5) is 0 Å². The SMILES string of the molecule is C/C=C/CC(=O)NCc1cc2n(n1)CCCN(C1CCCCC1)C2. The van der Waals surface area contributed by atoms with Crippen molar-refractivity contribution in [3.63, 3.8) is 0 Å². The molecular weight excluding hydrogens is 300 g/mol. The van der Waals surface area contributed by atoms with Gasteiger partial charge in [0.05, 0.1) is 17.9 Å². The van der Waals surface area contributed by atoms with Crippen molar-refractivity contribution in [1.29, 1.82) is 0 Å². The molecule has 2 aliphatic rings. The maximum absolute atomic E-state index is 11.7. The zero-order valence-electron chi connectivity index (χ0n) is 14.8. The first-order valence-corrected chi connectivity index (χ1v) is 9.44. The molecule has 1 aromatic rings. The highest BCUT2D eigenvalue weighted by Crippen LogP contribution is 2.25. The van der Waals surface area contributed by atoms with E-state index in [0.29, 0.717) is 13.0 Å². The Hall–Kier alpha value is -1.62. The molecule has 1 aliphatic carbocycles.